The maximum Gasteiger partial charge on any atom is 0.241 e. The van der Waals surface area contributed by atoms with Crippen LogP contribution in [0.5, 0.6) is 0 Å². The Kier molecular flexibility index (Phi) is 7.25. The van der Waals surface area contributed by atoms with Crippen molar-refractivity contribution < 1.29 is 9.59 Å². The molecule has 2 aromatic carbocycles. The van der Waals surface area contributed by atoms with Gasteiger partial charge in [-0.05, 0) is 63.2 Å². The van der Waals surface area contributed by atoms with Crippen molar-refractivity contribution in [3.63, 3.8) is 0 Å². The number of aryl methyl sites for hydroxylation is 2. The summed E-state index contributed by atoms with van der Waals surface area (Å²) in [6.45, 7) is 5.72. The lowest BCUT2D eigenvalue weighted by Gasteiger charge is -2.23. The lowest BCUT2D eigenvalue weighted by Crippen LogP contribution is -2.43. The quantitative estimate of drug-likeness (QED) is 0.740. The largest absolute Gasteiger partial charge is 0.325 e. The van der Waals surface area contributed by atoms with E-state index in [0.717, 1.165) is 16.8 Å². The molecule has 2 aromatic rings. The number of rotatable bonds is 6. The zero-order chi connectivity index (χ0) is 20.1. The number of carbonyl (C=O) groups is 2. The number of nitrogens with zero attached hydrogens (tertiary/aromatic N) is 1. The van der Waals surface area contributed by atoms with Gasteiger partial charge in [-0.25, -0.2) is 0 Å². The molecule has 2 amide bonds. The molecule has 1 atom stereocenters. The Bertz CT molecular complexity index is 855. The summed E-state index contributed by atoms with van der Waals surface area (Å²) in [5.41, 5.74) is 3.38. The highest BCUT2D eigenvalue weighted by Crippen LogP contribution is 2.25. The molecule has 2 rings (SSSR count). The highest BCUT2D eigenvalue weighted by atomic mass is 35.5. The summed E-state index contributed by atoms with van der Waals surface area (Å²) in [6, 6.07) is 10.3. The molecule has 0 aliphatic carbocycles. The Morgan fingerprint density at radius 2 is 1.74 bits per heavy atom. The van der Waals surface area contributed by atoms with Gasteiger partial charge in [-0.15, -0.1) is 0 Å². The number of hydrogen-bond donors (Lipinski definition) is 2. The molecule has 0 fully saturated rings. The molecule has 0 saturated heterocycles. The Balaban J connectivity index is 1.94. The van der Waals surface area contributed by atoms with Crippen molar-refractivity contribution in [2.45, 2.75) is 26.8 Å². The van der Waals surface area contributed by atoms with Gasteiger partial charge in [0.2, 0.25) is 11.8 Å². The lowest BCUT2D eigenvalue weighted by molar-refractivity contribution is -0.122. The minimum atomic E-state index is -0.482. The second-order valence-electron chi connectivity index (χ2n) is 6.58. The SMILES string of the molecule is Cc1ccc(C)c(NC(=O)C(C)N(C)CC(=O)Nc2ccc(Cl)c(Cl)c2)c1. The molecule has 5 nitrogen and oxygen atoms in total. The number of nitrogens with one attached hydrogen (secondary N) is 2. The van der Waals surface area contributed by atoms with Gasteiger partial charge in [-0.1, -0.05) is 35.3 Å². The number of anilines is 2. The summed E-state index contributed by atoms with van der Waals surface area (Å²) in [5.74, 6) is -0.421. The summed E-state index contributed by atoms with van der Waals surface area (Å²) in [7, 11) is 1.72. The van der Waals surface area contributed by atoms with E-state index in [4.69, 9.17) is 23.2 Å². The Morgan fingerprint density at radius 3 is 2.41 bits per heavy atom. The van der Waals surface area contributed by atoms with Crippen molar-refractivity contribution in [1.82, 2.24) is 4.90 Å². The molecule has 0 aromatic heterocycles. The third-order valence-corrected chi connectivity index (χ3v) is 5.03. The lowest BCUT2D eigenvalue weighted by atomic mass is 10.1. The smallest absolute Gasteiger partial charge is 0.241 e. The van der Waals surface area contributed by atoms with Crippen LogP contribution in [0.15, 0.2) is 36.4 Å². The van der Waals surface area contributed by atoms with Crippen LogP contribution in [0.4, 0.5) is 11.4 Å². The maximum absolute atomic E-state index is 12.5. The Morgan fingerprint density at radius 1 is 1.04 bits per heavy atom. The van der Waals surface area contributed by atoms with E-state index in [1.165, 1.54) is 0 Å². The van der Waals surface area contributed by atoms with Crippen LogP contribution < -0.4 is 10.6 Å². The van der Waals surface area contributed by atoms with E-state index in [0.29, 0.717) is 15.7 Å². The van der Waals surface area contributed by atoms with Crippen LogP contribution in [0.1, 0.15) is 18.1 Å². The van der Waals surface area contributed by atoms with E-state index >= 15 is 0 Å². The fraction of sp³-hybridized carbons (Fsp3) is 0.300. The molecule has 1 unspecified atom stereocenters. The molecule has 2 N–H and O–H groups in total. The molecule has 0 saturated carbocycles. The predicted octanol–water partition coefficient (Wildman–Crippen LogP) is 4.51. The zero-order valence-electron chi connectivity index (χ0n) is 15.8. The first-order chi connectivity index (χ1) is 12.7. The highest BCUT2D eigenvalue weighted by Gasteiger charge is 2.21. The molecule has 0 radical (unpaired) electrons. The zero-order valence-corrected chi connectivity index (χ0v) is 17.3. The highest BCUT2D eigenvalue weighted by molar-refractivity contribution is 6.42. The topological polar surface area (TPSA) is 61.4 Å². The van der Waals surface area contributed by atoms with E-state index in [9.17, 15) is 9.59 Å². The van der Waals surface area contributed by atoms with E-state index in [1.54, 1.807) is 37.1 Å². The fourth-order valence-electron chi connectivity index (χ4n) is 2.45. The predicted molar refractivity (Wildman–Crippen MR) is 112 cm³/mol. The number of benzene rings is 2. The molecule has 27 heavy (non-hydrogen) atoms. The normalized spacial score (nSPS) is 12.0. The average Bonchev–Trinajstić information content (AvgIpc) is 2.60. The number of carbonyl (C=O) groups excluding carboxylic acids is 2. The molecule has 0 aliphatic rings. The molecule has 7 heteroatoms. The van der Waals surface area contributed by atoms with Crippen LogP contribution in [-0.4, -0.2) is 36.3 Å². The van der Waals surface area contributed by atoms with Gasteiger partial charge in [0.1, 0.15) is 0 Å². The minimum absolute atomic E-state index is 0.0572. The maximum atomic E-state index is 12.5. The monoisotopic (exact) mass is 407 g/mol. The van der Waals surface area contributed by atoms with Crippen LogP contribution in [0, 0.1) is 13.8 Å². The van der Waals surface area contributed by atoms with Crippen molar-refractivity contribution in [1.29, 1.82) is 0 Å². The van der Waals surface area contributed by atoms with Crippen molar-refractivity contribution in [3.05, 3.63) is 57.6 Å². The van der Waals surface area contributed by atoms with Crippen molar-refractivity contribution in [3.8, 4) is 0 Å². The summed E-state index contributed by atoms with van der Waals surface area (Å²) in [5, 5.41) is 6.45. The molecular weight excluding hydrogens is 385 g/mol. The molecule has 0 spiro atoms. The van der Waals surface area contributed by atoms with Crippen LogP contribution in [0.3, 0.4) is 0 Å². The third-order valence-electron chi connectivity index (χ3n) is 4.29. The van der Waals surface area contributed by atoms with Gasteiger partial charge < -0.3 is 10.6 Å². The van der Waals surface area contributed by atoms with E-state index < -0.39 is 6.04 Å². The van der Waals surface area contributed by atoms with Crippen LogP contribution in [0.25, 0.3) is 0 Å². The number of amides is 2. The fourth-order valence-corrected chi connectivity index (χ4v) is 2.74. The number of hydrogen-bond acceptors (Lipinski definition) is 3. The van der Waals surface area contributed by atoms with Crippen molar-refractivity contribution in [2.24, 2.45) is 0 Å². The molecular formula is C20H23Cl2N3O2. The Hall–Kier alpha value is -2.08. The van der Waals surface area contributed by atoms with Crippen LogP contribution in [-0.2, 0) is 9.59 Å². The van der Waals surface area contributed by atoms with Crippen molar-refractivity contribution in [2.75, 3.05) is 24.2 Å². The first-order valence-electron chi connectivity index (χ1n) is 8.50. The molecule has 0 aliphatic heterocycles. The summed E-state index contributed by atoms with van der Waals surface area (Å²) >= 11 is 11.8. The second-order valence-corrected chi connectivity index (χ2v) is 7.39. The molecule has 0 heterocycles. The van der Waals surface area contributed by atoms with Crippen LogP contribution >= 0.6 is 23.2 Å². The number of likely N-dealkylation sites (N-methyl/N-ethyl adjacent to an activating group) is 1. The first-order valence-corrected chi connectivity index (χ1v) is 9.26. The van der Waals surface area contributed by atoms with Gasteiger partial charge in [0.05, 0.1) is 22.6 Å². The Labute approximate surface area is 169 Å². The average molecular weight is 408 g/mol. The van der Waals surface area contributed by atoms with Gasteiger partial charge >= 0.3 is 0 Å². The number of halogens is 2. The second kappa shape index (κ2) is 9.22. The molecule has 144 valence electrons. The van der Waals surface area contributed by atoms with Crippen LogP contribution in [0.2, 0.25) is 10.0 Å². The van der Waals surface area contributed by atoms with Gasteiger partial charge in [0, 0.05) is 11.4 Å². The minimum Gasteiger partial charge on any atom is -0.325 e. The summed E-state index contributed by atoms with van der Waals surface area (Å²) in [6.07, 6.45) is 0. The van der Waals surface area contributed by atoms with Gasteiger partial charge in [-0.3, -0.25) is 14.5 Å². The first kappa shape index (κ1) is 21.2. The van der Waals surface area contributed by atoms with E-state index in [1.807, 2.05) is 32.0 Å². The van der Waals surface area contributed by atoms with Gasteiger partial charge in [0.25, 0.3) is 0 Å². The summed E-state index contributed by atoms with van der Waals surface area (Å²) in [4.78, 5) is 26.4. The van der Waals surface area contributed by atoms with E-state index in [2.05, 4.69) is 10.6 Å². The van der Waals surface area contributed by atoms with E-state index in [-0.39, 0.29) is 18.4 Å². The molecule has 0 bridgehead atoms. The van der Waals surface area contributed by atoms with Crippen molar-refractivity contribution >= 4 is 46.4 Å². The standard InChI is InChI=1S/C20H23Cl2N3O2/c1-12-5-6-13(2)18(9-12)24-20(27)14(3)25(4)11-19(26)23-15-7-8-16(21)17(22)10-15/h5-10,14H,11H2,1-4H3,(H,23,26)(H,24,27). The summed E-state index contributed by atoms with van der Waals surface area (Å²) < 4.78 is 0. The third kappa shape index (κ3) is 5.96. The van der Waals surface area contributed by atoms with Gasteiger partial charge in [0.15, 0.2) is 0 Å². The van der Waals surface area contributed by atoms with Gasteiger partial charge in [-0.2, -0.15) is 0 Å².